The summed E-state index contributed by atoms with van der Waals surface area (Å²) in [6.45, 7) is 21.1. The van der Waals surface area contributed by atoms with Gasteiger partial charge in [0.1, 0.15) is 0 Å². The molecule has 4 fully saturated rings. The van der Waals surface area contributed by atoms with Gasteiger partial charge in [-0.25, -0.2) is 0 Å². The molecule has 5 rings (SSSR count). The fraction of sp³-hybridized carbons (Fsp3) is 0.933. The van der Waals surface area contributed by atoms with Crippen molar-refractivity contribution in [3.05, 3.63) is 12.2 Å². The Hall–Kier alpha value is -0.260. The van der Waals surface area contributed by atoms with E-state index in [-0.39, 0.29) is 0 Å². The largest absolute Gasteiger partial charge is 0.0874 e. The first-order valence-corrected chi connectivity index (χ1v) is 13.6. The van der Waals surface area contributed by atoms with E-state index in [4.69, 9.17) is 0 Å². The van der Waals surface area contributed by atoms with Crippen LogP contribution in [0.4, 0.5) is 0 Å². The molecule has 9 atom stereocenters. The highest BCUT2D eigenvalue weighted by Crippen LogP contribution is 2.77. The molecule has 5 aliphatic carbocycles. The van der Waals surface area contributed by atoms with E-state index in [1.165, 1.54) is 57.8 Å². The van der Waals surface area contributed by atoms with E-state index < -0.39 is 0 Å². The standard InChI is InChI=1S/C30H50/c1-20(2)21-12-16-27(5)18-19-29(7)22(25(21)27)10-11-24-28(6)15-9-14-26(3,4)23(28)13-17-30(24,29)8/h9,14,20-25H,10-13,15-19H2,1-8H3. The maximum atomic E-state index is 2.80. The van der Waals surface area contributed by atoms with E-state index in [0.717, 1.165) is 35.5 Å². The SMILES string of the molecule is CC(C)C1CCC2(C)CCC3(C)C(CCC4C5(C)CC=CC(C)(C)C5CCC43C)C12. The number of hydrogen-bond donors (Lipinski definition) is 0. The van der Waals surface area contributed by atoms with Crippen molar-refractivity contribution >= 4 is 0 Å². The van der Waals surface area contributed by atoms with E-state index in [0.29, 0.717) is 27.1 Å². The Balaban J connectivity index is 1.55. The summed E-state index contributed by atoms with van der Waals surface area (Å²) in [5.74, 6) is 5.59. The Morgan fingerprint density at radius 2 is 1.47 bits per heavy atom. The van der Waals surface area contributed by atoms with Crippen molar-refractivity contribution in [2.24, 2.45) is 62.6 Å². The lowest BCUT2D eigenvalue weighted by atomic mass is 9.33. The van der Waals surface area contributed by atoms with Crippen LogP contribution in [0.5, 0.6) is 0 Å². The van der Waals surface area contributed by atoms with Crippen LogP contribution in [0.15, 0.2) is 12.2 Å². The molecule has 170 valence electrons. The summed E-state index contributed by atoms with van der Waals surface area (Å²) in [6.07, 6.45) is 18.4. The number of hydrogen-bond acceptors (Lipinski definition) is 0. The lowest BCUT2D eigenvalue weighted by Gasteiger charge is -2.72. The monoisotopic (exact) mass is 410 g/mol. The van der Waals surface area contributed by atoms with Gasteiger partial charge < -0.3 is 0 Å². The summed E-state index contributed by atoms with van der Waals surface area (Å²) >= 11 is 0. The van der Waals surface area contributed by atoms with Crippen LogP contribution in [0.25, 0.3) is 0 Å². The van der Waals surface area contributed by atoms with E-state index in [9.17, 15) is 0 Å². The highest BCUT2D eigenvalue weighted by Gasteiger charge is 2.69. The zero-order valence-electron chi connectivity index (χ0n) is 21.5. The average Bonchev–Trinajstić information content (AvgIpc) is 2.99. The van der Waals surface area contributed by atoms with Crippen molar-refractivity contribution in [2.75, 3.05) is 0 Å². The van der Waals surface area contributed by atoms with Crippen LogP contribution in [-0.4, -0.2) is 0 Å². The summed E-state index contributed by atoms with van der Waals surface area (Å²) in [4.78, 5) is 0. The highest BCUT2D eigenvalue weighted by atomic mass is 14.7. The zero-order valence-corrected chi connectivity index (χ0v) is 21.5. The first-order chi connectivity index (χ1) is 13.9. The molecule has 5 aliphatic rings. The Labute approximate surface area is 188 Å². The molecular weight excluding hydrogens is 360 g/mol. The Kier molecular flexibility index (Phi) is 4.61. The van der Waals surface area contributed by atoms with Crippen molar-refractivity contribution in [3.8, 4) is 0 Å². The van der Waals surface area contributed by atoms with Gasteiger partial charge in [-0.15, -0.1) is 0 Å². The third kappa shape index (κ3) is 2.52. The van der Waals surface area contributed by atoms with Crippen molar-refractivity contribution in [2.45, 2.75) is 113 Å². The van der Waals surface area contributed by atoms with Crippen LogP contribution in [0.2, 0.25) is 0 Å². The molecule has 0 heteroatoms. The average molecular weight is 411 g/mol. The molecule has 0 saturated heterocycles. The minimum atomic E-state index is 0.380. The van der Waals surface area contributed by atoms with Crippen LogP contribution in [0.1, 0.15) is 113 Å². The maximum absolute atomic E-state index is 2.80. The molecule has 0 heterocycles. The van der Waals surface area contributed by atoms with Gasteiger partial charge >= 0.3 is 0 Å². The predicted molar refractivity (Wildman–Crippen MR) is 129 cm³/mol. The normalized spacial score (nSPS) is 56.8. The van der Waals surface area contributed by atoms with Gasteiger partial charge in [0.15, 0.2) is 0 Å². The van der Waals surface area contributed by atoms with Crippen LogP contribution in [0.3, 0.4) is 0 Å². The molecule has 4 saturated carbocycles. The first kappa shape index (κ1) is 21.6. The topological polar surface area (TPSA) is 0 Å². The van der Waals surface area contributed by atoms with Crippen molar-refractivity contribution in [3.63, 3.8) is 0 Å². The minimum absolute atomic E-state index is 0.380. The van der Waals surface area contributed by atoms with Gasteiger partial charge in [-0.2, -0.15) is 0 Å². The molecule has 0 aromatic carbocycles. The van der Waals surface area contributed by atoms with Gasteiger partial charge in [0, 0.05) is 0 Å². The molecule has 0 nitrogen and oxygen atoms in total. The second-order valence-electron chi connectivity index (χ2n) is 14.7. The molecule has 0 bridgehead atoms. The maximum Gasteiger partial charge on any atom is -0.0141 e. The van der Waals surface area contributed by atoms with Crippen LogP contribution in [-0.2, 0) is 0 Å². The molecule has 0 aromatic heterocycles. The molecule has 0 aliphatic heterocycles. The molecule has 0 spiro atoms. The van der Waals surface area contributed by atoms with Gasteiger partial charge in [-0.3, -0.25) is 0 Å². The number of allylic oxidation sites excluding steroid dienone is 2. The summed E-state index contributed by atoms with van der Waals surface area (Å²) in [5.41, 5.74) is 2.61. The molecule has 0 radical (unpaired) electrons. The van der Waals surface area contributed by atoms with E-state index in [1.54, 1.807) is 0 Å². The summed E-state index contributed by atoms with van der Waals surface area (Å²) < 4.78 is 0. The molecule has 0 aromatic rings. The predicted octanol–water partition coefficient (Wildman–Crippen LogP) is 8.91. The summed E-state index contributed by atoms with van der Waals surface area (Å²) in [5, 5.41) is 0. The smallest absolute Gasteiger partial charge is 0.0141 e. The van der Waals surface area contributed by atoms with Crippen molar-refractivity contribution in [1.82, 2.24) is 0 Å². The molecule has 30 heavy (non-hydrogen) atoms. The Morgan fingerprint density at radius 1 is 0.733 bits per heavy atom. The second-order valence-corrected chi connectivity index (χ2v) is 14.7. The van der Waals surface area contributed by atoms with Crippen LogP contribution >= 0.6 is 0 Å². The fourth-order valence-electron chi connectivity index (χ4n) is 11.4. The quantitative estimate of drug-likeness (QED) is 0.378. The Morgan fingerprint density at radius 3 is 2.17 bits per heavy atom. The van der Waals surface area contributed by atoms with Crippen LogP contribution < -0.4 is 0 Å². The van der Waals surface area contributed by atoms with Gasteiger partial charge in [-0.05, 0) is 120 Å². The van der Waals surface area contributed by atoms with Gasteiger partial charge in [-0.1, -0.05) is 67.5 Å². The molecule has 0 amide bonds. The lowest BCUT2D eigenvalue weighted by molar-refractivity contribution is -0.226. The van der Waals surface area contributed by atoms with E-state index in [1.807, 2.05) is 0 Å². The summed E-state index contributed by atoms with van der Waals surface area (Å²) in [7, 11) is 0. The first-order valence-electron chi connectivity index (χ1n) is 13.6. The minimum Gasteiger partial charge on any atom is -0.0874 e. The van der Waals surface area contributed by atoms with Gasteiger partial charge in [0.2, 0.25) is 0 Å². The third-order valence-electron chi connectivity index (χ3n) is 13.0. The van der Waals surface area contributed by atoms with Crippen molar-refractivity contribution in [1.29, 1.82) is 0 Å². The molecule has 9 unspecified atom stereocenters. The third-order valence-corrected chi connectivity index (χ3v) is 13.0. The molecule has 0 N–H and O–H groups in total. The number of fused-ring (bicyclic) bond motifs is 7. The van der Waals surface area contributed by atoms with Crippen molar-refractivity contribution < 1.29 is 0 Å². The van der Waals surface area contributed by atoms with Gasteiger partial charge in [0.25, 0.3) is 0 Å². The second kappa shape index (κ2) is 6.41. The van der Waals surface area contributed by atoms with Gasteiger partial charge in [0.05, 0.1) is 0 Å². The highest BCUT2D eigenvalue weighted by molar-refractivity contribution is 5.21. The van der Waals surface area contributed by atoms with Crippen LogP contribution in [0, 0.1) is 62.6 Å². The fourth-order valence-corrected chi connectivity index (χ4v) is 11.4. The van der Waals surface area contributed by atoms with E-state index >= 15 is 0 Å². The number of rotatable bonds is 1. The molecular formula is C30H50. The Bertz CT molecular complexity index is 728. The lowest BCUT2D eigenvalue weighted by Crippen LogP contribution is -2.65. The van der Waals surface area contributed by atoms with E-state index in [2.05, 4.69) is 67.5 Å². The summed E-state index contributed by atoms with van der Waals surface area (Å²) in [6, 6.07) is 0. The zero-order chi connectivity index (χ0) is 21.7.